The van der Waals surface area contributed by atoms with Crippen LogP contribution in [0.5, 0.6) is 0 Å². The van der Waals surface area contributed by atoms with Crippen LogP contribution in [0, 0.1) is 0 Å². The summed E-state index contributed by atoms with van der Waals surface area (Å²) in [6.45, 7) is 3.20. The zero-order valence-corrected chi connectivity index (χ0v) is 29.1. The molecular weight excluding hydrogens is 655 g/mol. The third kappa shape index (κ3) is 6.23. The minimum Gasteiger partial charge on any atom is -0.394 e. The number of aliphatic hydroxyl groups excluding tert-OH is 1. The standard InChI is InChI=1S/C36H39N6O5PSi/c1-49(26-14-7-3-8-15-26,27-16-9-4-10-17-27)22-31-28-18-11-19-42(28)48(47-31)46-29-20-32(45-30(29)21-43)41-24-39-33-34(37-23-38-35(33)41)40-36(44)25-12-5-2-6-13-25/h2-10,12-17,23-24,28-32,43H,11,18-22H2,1H3,(H,37,38,40,44)/t28-,29+,30+,31+,32+,48-/m0/s1. The number of carbonyl (C=O) groups excluding carboxylic acids is 1. The zero-order chi connectivity index (χ0) is 33.4. The average Bonchev–Trinajstić information content (AvgIpc) is 3.95. The van der Waals surface area contributed by atoms with Crippen LogP contribution >= 0.6 is 8.53 Å². The monoisotopic (exact) mass is 694 g/mol. The fourth-order valence-corrected chi connectivity index (χ4v) is 13.4. The number of nitrogens with one attached hydrogen (secondary N) is 1. The lowest BCUT2D eigenvalue weighted by Crippen LogP contribution is -2.58. The van der Waals surface area contributed by atoms with Crippen molar-refractivity contribution in [3.8, 4) is 0 Å². The van der Waals surface area contributed by atoms with Crippen molar-refractivity contribution in [2.24, 2.45) is 0 Å². The first-order chi connectivity index (χ1) is 24.0. The van der Waals surface area contributed by atoms with Gasteiger partial charge < -0.3 is 24.2 Å². The summed E-state index contributed by atoms with van der Waals surface area (Å²) < 4.78 is 24.3. The normalized spacial score (nSPS) is 25.5. The number of hydrogen-bond donors (Lipinski definition) is 2. The van der Waals surface area contributed by atoms with E-state index in [0.29, 0.717) is 35.0 Å². The number of anilines is 1. The molecule has 0 saturated carbocycles. The van der Waals surface area contributed by atoms with Gasteiger partial charge in [0.2, 0.25) is 0 Å². The predicted molar refractivity (Wildman–Crippen MR) is 190 cm³/mol. The van der Waals surface area contributed by atoms with Gasteiger partial charge in [0, 0.05) is 24.6 Å². The molecule has 11 nitrogen and oxygen atoms in total. The van der Waals surface area contributed by atoms with Gasteiger partial charge in [-0.25, -0.2) is 19.6 Å². The Hall–Kier alpha value is -3.87. The van der Waals surface area contributed by atoms with Gasteiger partial charge in [-0.1, -0.05) is 95.8 Å². The van der Waals surface area contributed by atoms with Gasteiger partial charge in [-0.15, -0.1) is 0 Å². The van der Waals surface area contributed by atoms with Crippen LogP contribution in [0.2, 0.25) is 12.6 Å². The van der Waals surface area contributed by atoms with Gasteiger partial charge in [0.05, 0.1) is 25.1 Å². The molecule has 6 atom stereocenters. The highest BCUT2D eigenvalue weighted by Crippen LogP contribution is 2.58. The zero-order valence-electron chi connectivity index (χ0n) is 27.2. The fraction of sp³-hybridized carbons (Fsp3) is 0.333. The summed E-state index contributed by atoms with van der Waals surface area (Å²) in [6, 6.07) is 32.0. The third-order valence-electron chi connectivity index (χ3n) is 10.1. The van der Waals surface area contributed by atoms with Crippen molar-refractivity contribution >= 4 is 49.9 Å². The molecule has 5 aromatic rings. The van der Waals surface area contributed by atoms with Gasteiger partial charge in [-0.2, -0.15) is 0 Å². The van der Waals surface area contributed by atoms with E-state index in [1.54, 1.807) is 18.5 Å². The van der Waals surface area contributed by atoms with Crippen LogP contribution in [0.4, 0.5) is 5.82 Å². The number of hydrogen-bond acceptors (Lipinski definition) is 9. The molecule has 3 aromatic carbocycles. The van der Waals surface area contributed by atoms with E-state index in [2.05, 4.69) is 92.1 Å². The van der Waals surface area contributed by atoms with E-state index in [1.807, 2.05) is 22.8 Å². The third-order valence-corrected chi connectivity index (χ3v) is 16.3. The predicted octanol–water partition coefficient (Wildman–Crippen LogP) is 4.73. The van der Waals surface area contributed by atoms with Crippen molar-refractivity contribution in [3.63, 3.8) is 0 Å². The Labute approximate surface area is 287 Å². The second-order valence-electron chi connectivity index (χ2n) is 13.1. The van der Waals surface area contributed by atoms with Crippen molar-refractivity contribution in [2.75, 3.05) is 18.5 Å². The van der Waals surface area contributed by atoms with Crippen molar-refractivity contribution in [1.29, 1.82) is 0 Å². The van der Waals surface area contributed by atoms with Gasteiger partial charge in [0.15, 0.2) is 17.0 Å². The number of aromatic nitrogens is 4. The molecule has 0 radical (unpaired) electrons. The van der Waals surface area contributed by atoms with Crippen LogP contribution in [0.3, 0.4) is 0 Å². The SMILES string of the molecule is C[Si](C[C@H]1O[P@](O[C@@H]2C[C@H](n3cnc4c(NC(=O)c5ccccc5)ncnc43)O[C@@H]2CO)N2CCC[C@@H]12)(c1ccccc1)c1ccccc1. The first kappa shape index (κ1) is 32.3. The van der Waals surface area contributed by atoms with Gasteiger partial charge in [0.1, 0.15) is 26.7 Å². The molecule has 8 rings (SSSR count). The van der Waals surface area contributed by atoms with Crippen LogP contribution < -0.4 is 15.7 Å². The number of carbonyl (C=O) groups is 1. The number of aliphatic hydroxyl groups is 1. The lowest BCUT2D eigenvalue weighted by atomic mass is 10.1. The maximum atomic E-state index is 12.8. The fourth-order valence-electron chi connectivity index (χ4n) is 7.47. The van der Waals surface area contributed by atoms with Crippen molar-refractivity contribution in [3.05, 3.63) is 109 Å². The Morgan fingerprint density at radius 2 is 1.67 bits per heavy atom. The summed E-state index contributed by atoms with van der Waals surface area (Å²) in [5.74, 6) is 0.0339. The molecule has 3 aliphatic heterocycles. The molecule has 3 aliphatic rings. The molecular formula is C36H39N6O5PSi. The molecule has 5 heterocycles. The smallest absolute Gasteiger partial charge is 0.259 e. The van der Waals surface area contributed by atoms with Crippen LogP contribution in [0.25, 0.3) is 11.2 Å². The molecule has 3 saturated heterocycles. The number of fused-ring (bicyclic) bond motifs is 2. The Kier molecular flexibility index (Phi) is 9.11. The van der Waals surface area contributed by atoms with E-state index in [1.165, 1.54) is 16.7 Å². The number of benzene rings is 3. The molecule has 49 heavy (non-hydrogen) atoms. The summed E-state index contributed by atoms with van der Waals surface area (Å²) in [6.07, 6.45) is 4.37. The van der Waals surface area contributed by atoms with Crippen LogP contribution in [-0.2, 0) is 13.8 Å². The Morgan fingerprint density at radius 3 is 2.37 bits per heavy atom. The summed E-state index contributed by atoms with van der Waals surface area (Å²) in [5, 5.41) is 16.0. The molecule has 252 valence electrons. The number of nitrogens with zero attached hydrogens (tertiary/aromatic N) is 5. The molecule has 0 spiro atoms. The first-order valence-electron chi connectivity index (χ1n) is 16.8. The molecule has 0 aliphatic carbocycles. The maximum absolute atomic E-state index is 12.8. The molecule has 0 unspecified atom stereocenters. The number of ether oxygens (including phenoxy) is 1. The Morgan fingerprint density at radius 1 is 0.980 bits per heavy atom. The summed E-state index contributed by atoms with van der Waals surface area (Å²) in [7, 11) is -3.48. The minimum atomic E-state index is -2.14. The molecule has 2 N–H and O–H groups in total. The summed E-state index contributed by atoms with van der Waals surface area (Å²) in [4.78, 5) is 26.1. The topological polar surface area (TPSA) is 124 Å². The van der Waals surface area contributed by atoms with Gasteiger partial charge in [-0.3, -0.25) is 9.36 Å². The minimum absolute atomic E-state index is 0.0511. The van der Waals surface area contributed by atoms with E-state index in [9.17, 15) is 9.90 Å². The van der Waals surface area contributed by atoms with Crippen LogP contribution in [-0.4, -0.2) is 80.8 Å². The lowest BCUT2D eigenvalue weighted by molar-refractivity contribution is -0.0400. The molecule has 3 fully saturated rings. The number of amides is 1. The highest BCUT2D eigenvalue weighted by atomic mass is 31.2. The number of imidazole rings is 1. The molecule has 0 bridgehead atoms. The van der Waals surface area contributed by atoms with E-state index >= 15 is 0 Å². The van der Waals surface area contributed by atoms with Gasteiger partial charge in [-0.05, 0) is 31.0 Å². The lowest BCUT2D eigenvalue weighted by Gasteiger charge is -2.32. The van der Waals surface area contributed by atoms with Gasteiger partial charge in [0.25, 0.3) is 14.4 Å². The number of rotatable bonds is 10. The van der Waals surface area contributed by atoms with Crippen molar-refractivity contribution < 1.29 is 23.7 Å². The highest BCUT2D eigenvalue weighted by molar-refractivity contribution is 7.45. The second kappa shape index (κ2) is 13.8. The summed E-state index contributed by atoms with van der Waals surface area (Å²) in [5.41, 5.74) is 1.49. The Balaban J connectivity index is 0.997. The first-order valence-corrected chi connectivity index (χ1v) is 20.7. The summed E-state index contributed by atoms with van der Waals surface area (Å²) >= 11 is 0. The second-order valence-corrected chi connectivity index (χ2v) is 18.7. The quantitative estimate of drug-likeness (QED) is 0.158. The Bertz CT molecular complexity index is 1860. The maximum Gasteiger partial charge on any atom is 0.259 e. The molecule has 13 heteroatoms. The van der Waals surface area contributed by atoms with Gasteiger partial charge >= 0.3 is 0 Å². The van der Waals surface area contributed by atoms with Crippen LogP contribution in [0.15, 0.2) is 104 Å². The molecule has 2 aromatic heterocycles. The largest absolute Gasteiger partial charge is 0.394 e. The van der Waals surface area contributed by atoms with Crippen molar-refractivity contribution in [1.82, 2.24) is 24.2 Å². The molecule has 1 amide bonds. The highest BCUT2D eigenvalue weighted by Gasteiger charge is 2.52. The van der Waals surface area contributed by atoms with E-state index < -0.39 is 28.9 Å². The van der Waals surface area contributed by atoms with E-state index in [-0.39, 0.29) is 24.7 Å². The van der Waals surface area contributed by atoms with E-state index in [4.69, 9.17) is 13.8 Å². The average molecular weight is 695 g/mol. The van der Waals surface area contributed by atoms with Crippen molar-refractivity contribution in [2.45, 2.75) is 62.4 Å². The van der Waals surface area contributed by atoms with Crippen LogP contribution in [0.1, 0.15) is 35.8 Å². The van der Waals surface area contributed by atoms with E-state index in [0.717, 1.165) is 25.4 Å².